The molecule has 0 bridgehead atoms. The summed E-state index contributed by atoms with van der Waals surface area (Å²) in [5.74, 6) is 0.380. The Kier molecular flexibility index (Phi) is 4.85. The van der Waals surface area contributed by atoms with Gasteiger partial charge in [-0.05, 0) is 64.3 Å². The molecular weight excluding hydrogens is 374 g/mol. The quantitative estimate of drug-likeness (QED) is 0.644. The van der Waals surface area contributed by atoms with E-state index in [9.17, 15) is 4.79 Å². The molecular formula is C24H27N5O. The van der Waals surface area contributed by atoms with Crippen LogP contribution in [0.3, 0.4) is 0 Å². The van der Waals surface area contributed by atoms with Crippen LogP contribution in [-0.2, 0) is 12.1 Å². The van der Waals surface area contributed by atoms with Crippen molar-refractivity contribution in [2.45, 2.75) is 58.5 Å². The number of nitriles is 1. The number of hydrogen-bond acceptors (Lipinski definition) is 4. The second-order valence-electron chi connectivity index (χ2n) is 9.21. The molecule has 0 aliphatic heterocycles. The number of carbonyl (C=O) groups excluding carboxylic acids is 1. The Balaban J connectivity index is 1.78. The van der Waals surface area contributed by atoms with E-state index < -0.39 is 0 Å². The van der Waals surface area contributed by atoms with Gasteiger partial charge in [-0.3, -0.25) is 4.79 Å². The lowest BCUT2D eigenvalue weighted by Crippen LogP contribution is -2.27. The van der Waals surface area contributed by atoms with Crippen molar-refractivity contribution in [3.63, 3.8) is 0 Å². The van der Waals surface area contributed by atoms with Crippen LogP contribution < -0.4 is 0 Å². The second kappa shape index (κ2) is 7.24. The van der Waals surface area contributed by atoms with E-state index in [1.807, 2.05) is 35.9 Å². The molecule has 6 nitrogen and oxygen atoms in total. The number of nitrogens with zero attached hydrogens (tertiary/aromatic N) is 5. The molecule has 3 aromatic rings. The lowest BCUT2D eigenvalue weighted by Gasteiger charge is -2.21. The Labute approximate surface area is 177 Å². The Bertz CT molecular complexity index is 1170. The van der Waals surface area contributed by atoms with E-state index in [1.54, 1.807) is 18.0 Å². The van der Waals surface area contributed by atoms with Crippen molar-refractivity contribution in [2.24, 2.45) is 0 Å². The molecule has 1 aliphatic rings. The van der Waals surface area contributed by atoms with E-state index in [0.717, 1.165) is 40.8 Å². The molecule has 0 spiro atoms. The van der Waals surface area contributed by atoms with Crippen LogP contribution in [0.15, 0.2) is 30.3 Å². The van der Waals surface area contributed by atoms with Gasteiger partial charge in [-0.1, -0.05) is 12.1 Å². The molecule has 0 atom stereocenters. The Morgan fingerprint density at radius 2 is 2.03 bits per heavy atom. The van der Waals surface area contributed by atoms with Crippen molar-refractivity contribution in [1.82, 2.24) is 19.7 Å². The minimum absolute atomic E-state index is 0.0526. The maximum Gasteiger partial charge on any atom is 0.254 e. The van der Waals surface area contributed by atoms with Gasteiger partial charge in [0.05, 0.1) is 33.8 Å². The first-order valence-electron chi connectivity index (χ1n) is 10.3. The summed E-state index contributed by atoms with van der Waals surface area (Å²) in [6.07, 6.45) is 2.23. The van der Waals surface area contributed by atoms with Crippen molar-refractivity contribution >= 4 is 16.9 Å². The average molecular weight is 402 g/mol. The van der Waals surface area contributed by atoms with Crippen molar-refractivity contribution in [3.05, 3.63) is 58.4 Å². The predicted molar refractivity (Wildman–Crippen MR) is 116 cm³/mol. The maximum atomic E-state index is 13.5. The SMILES string of the molecule is Cc1nn(C(C)(C)C)c2nc(C3CC3)cc(C(=O)N(C)Cc3cccc(C#N)c3)c12. The van der Waals surface area contributed by atoms with Crippen molar-refractivity contribution < 1.29 is 4.79 Å². The summed E-state index contributed by atoms with van der Waals surface area (Å²) in [7, 11) is 1.80. The van der Waals surface area contributed by atoms with Gasteiger partial charge in [-0.25, -0.2) is 9.67 Å². The van der Waals surface area contributed by atoms with Gasteiger partial charge in [-0.15, -0.1) is 0 Å². The highest BCUT2D eigenvalue weighted by Gasteiger charge is 2.31. The summed E-state index contributed by atoms with van der Waals surface area (Å²) in [6.45, 7) is 8.67. The molecule has 154 valence electrons. The molecule has 2 heterocycles. The normalized spacial score (nSPS) is 14.0. The molecule has 30 heavy (non-hydrogen) atoms. The molecule has 4 rings (SSSR count). The summed E-state index contributed by atoms with van der Waals surface area (Å²) in [4.78, 5) is 20.2. The number of aryl methyl sites for hydroxylation is 1. The van der Waals surface area contributed by atoms with Crippen LogP contribution in [0.4, 0.5) is 0 Å². The van der Waals surface area contributed by atoms with Crippen LogP contribution in [0, 0.1) is 18.3 Å². The van der Waals surface area contributed by atoms with E-state index >= 15 is 0 Å². The minimum atomic E-state index is -0.231. The molecule has 1 fully saturated rings. The molecule has 1 amide bonds. The predicted octanol–water partition coefficient (Wildman–Crippen LogP) is 4.52. The molecule has 1 saturated carbocycles. The summed E-state index contributed by atoms with van der Waals surface area (Å²) < 4.78 is 1.94. The van der Waals surface area contributed by atoms with E-state index in [0.29, 0.717) is 23.6 Å². The molecule has 1 aliphatic carbocycles. The van der Waals surface area contributed by atoms with Crippen LogP contribution in [0.5, 0.6) is 0 Å². The zero-order valence-electron chi connectivity index (χ0n) is 18.2. The van der Waals surface area contributed by atoms with Gasteiger partial charge in [0, 0.05) is 25.2 Å². The third kappa shape index (κ3) is 3.68. The number of rotatable bonds is 4. The first-order valence-corrected chi connectivity index (χ1v) is 10.3. The van der Waals surface area contributed by atoms with Crippen LogP contribution >= 0.6 is 0 Å². The molecule has 0 saturated heterocycles. The number of aromatic nitrogens is 3. The van der Waals surface area contributed by atoms with Crippen molar-refractivity contribution in [2.75, 3.05) is 7.05 Å². The molecule has 2 aromatic heterocycles. The maximum absolute atomic E-state index is 13.5. The van der Waals surface area contributed by atoms with E-state index in [4.69, 9.17) is 15.3 Å². The highest BCUT2D eigenvalue weighted by atomic mass is 16.2. The van der Waals surface area contributed by atoms with Crippen LogP contribution in [0.2, 0.25) is 0 Å². The number of benzene rings is 1. The molecule has 6 heteroatoms. The third-order valence-electron chi connectivity index (χ3n) is 5.52. The van der Waals surface area contributed by atoms with E-state index in [1.165, 1.54) is 0 Å². The largest absolute Gasteiger partial charge is 0.337 e. The van der Waals surface area contributed by atoms with Gasteiger partial charge < -0.3 is 4.90 Å². The summed E-state index contributed by atoms with van der Waals surface area (Å²) >= 11 is 0. The van der Waals surface area contributed by atoms with Crippen molar-refractivity contribution in [1.29, 1.82) is 5.26 Å². The summed E-state index contributed by atoms with van der Waals surface area (Å²) in [5, 5.41) is 14.7. The minimum Gasteiger partial charge on any atom is -0.337 e. The second-order valence-corrected chi connectivity index (χ2v) is 9.21. The molecule has 0 radical (unpaired) electrons. The number of pyridine rings is 1. The van der Waals surface area contributed by atoms with Crippen molar-refractivity contribution in [3.8, 4) is 6.07 Å². The van der Waals surface area contributed by atoms with Gasteiger partial charge in [-0.2, -0.15) is 10.4 Å². The monoisotopic (exact) mass is 401 g/mol. The first kappa shape index (κ1) is 20.1. The van der Waals surface area contributed by atoms with Gasteiger partial charge >= 0.3 is 0 Å². The Hall–Kier alpha value is -3.20. The lowest BCUT2D eigenvalue weighted by atomic mass is 10.0. The highest BCUT2D eigenvalue weighted by Crippen LogP contribution is 2.41. The Morgan fingerprint density at radius 1 is 1.30 bits per heavy atom. The van der Waals surface area contributed by atoms with Gasteiger partial charge in [0.25, 0.3) is 5.91 Å². The number of amides is 1. The Morgan fingerprint density at radius 3 is 2.67 bits per heavy atom. The molecule has 1 aromatic carbocycles. The topological polar surface area (TPSA) is 74.8 Å². The van der Waals surface area contributed by atoms with Crippen LogP contribution in [-0.4, -0.2) is 32.6 Å². The van der Waals surface area contributed by atoms with Crippen LogP contribution in [0.25, 0.3) is 11.0 Å². The van der Waals surface area contributed by atoms with Gasteiger partial charge in [0.2, 0.25) is 0 Å². The highest BCUT2D eigenvalue weighted by molar-refractivity contribution is 6.06. The fourth-order valence-electron chi connectivity index (χ4n) is 3.82. The summed E-state index contributed by atoms with van der Waals surface area (Å²) in [6, 6.07) is 11.5. The fraction of sp³-hybridized carbons (Fsp3) is 0.417. The lowest BCUT2D eigenvalue weighted by molar-refractivity contribution is 0.0786. The standard InChI is InChI=1S/C24H27N5O/c1-15-21-19(23(30)28(5)14-17-8-6-7-16(11-17)13-25)12-20(18-9-10-18)26-22(21)29(27-15)24(2,3)4/h6-8,11-12,18H,9-10,14H2,1-5H3. The average Bonchev–Trinajstić information content (AvgIpc) is 3.49. The number of fused-ring (bicyclic) bond motifs is 1. The zero-order valence-corrected chi connectivity index (χ0v) is 18.2. The van der Waals surface area contributed by atoms with Gasteiger partial charge in [0.1, 0.15) is 0 Å². The zero-order chi connectivity index (χ0) is 21.6. The van der Waals surface area contributed by atoms with Gasteiger partial charge in [0.15, 0.2) is 5.65 Å². The number of carbonyl (C=O) groups is 1. The smallest absolute Gasteiger partial charge is 0.254 e. The van der Waals surface area contributed by atoms with E-state index in [-0.39, 0.29) is 11.4 Å². The first-order chi connectivity index (χ1) is 14.2. The summed E-state index contributed by atoms with van der Waals surface area (Å²) in [5.41, 5.74) is 4.54. The molecule has 0 unspecified atom stereocenters. The molecule has 0 N–H and O–H groups in total. The van der Waals surface area contributed by atoms with Crippen LogP contribution in [0.1, 0.15) is 72.4 Å². The fourth-order valence-corrected chi connectivity index (χ4v) is 3.82. The third-order valence-corrected chi connectivity index (χ3v) is 5.52. The number of hydrogen-bond donors (Lipinski definition) is 0. The van der Waals surface area contributed by atoms with E-state index in [2.05, 4.69) is 26.8 Å².